The molecule has 1 aliphatic carbocycles. The van der Waals surface area contributed by atoms with Crippen LogP contribution < -0.4 is 10.5 Å². The van der Waals surface area contributed by atoms with Crippen molar-refractivity contribution in [3.8, 4) is 5.75 Å². The van der Waals surface area contributed by atoms with Crippen molar-refractivity contribution in [2.45, 2.75) is 44.7 Å². The predicted molar refractivity (Wildman–Crippen MR) is 118 cm³/mol. The average molecular weight is 424 g/mol. The molecule has 0 spiro atoms. The number of imidazole rings is 1. The molecule has 0 radical (unpaired) electrons. The van der Waals surface area contributed by atoms with Gasteiger partial charge in [0.15, 0.2) is 0 Å². The summed E-state index contributed by atoms with van der Waals surface area (Å²) in [6, 6.07) is 9.60. The highest BCUT2D eigenvalue weighted by Gasteiger charge is 2.29. The smallest absolute Gasteiger partial charge is 0.417 e. The van der Waals surface area contributed by atoms with Crippen molar-refractivity contribution in [2.24, 2.45) is 5.73 Å². The molecule has 2 heterocycles. The van der Waals surface area contributed by atoms with Gasteiger partial charge in [0, 0.05) is 6.20 Å². The molecule has 0 amide bonds. The molecule has 164 valence electrons. The summed E-state index contributed by atoms with van der Waals surface area (Å²) in [4.78, 5) is 23.8. The number of para-hydroxylation sites is 1. The standard InChI is InChI=1S/C23H29N5O3/c1-31-19-11-5-10-18-22(19)26-20(28(18)23(29)30)15-27(14-3-2-12-24)17-9-4-7-16-8-6-13-25-21(16)17/h5-6,8,10-11,13,17H,2-4,7,9,12,14-15,24H2,1H3,(H,29,30)/t17-/m0/s1. The number of aryl methyl sites for hydroxylation is 1. The van der Waals surface area contributed by atoms with Crippen LogP contribution in [0.15, 0.2) is 36.5 Å². The highest BCUT2D eigenvalue weighted by molar-refractivity contribution is 5.90. The summed E-state index contributed by atoms with van der Waals surface area (Å²) in [6.07, 6.45) is 5.75. The topological polar surface area (TPSA) is 106 Å². The fourth-order valence-corrected chi connectivity index (χ4v) is 4.53. The maximum atomic E-state index is 12.1. The molecule has 0 fully saturated rings. The Morgan fingerprint density at radius 3 is 2.97 bits per heavy atom. The van der Waals surface area contributed by atoms with Crippen molar-refractivity contribution in [3.05, 3.63) is 53.6 Å². The van der Waals surface area contributed by atoms with E-state index in [1.165, 1.54) is 10.1 Å². The lowest BCUT2D eigenvalue weighted by molar-refractivity contribution is 0.155. The van der Waals surface area contributed by atoms with Crippen molar-refractivity contribution in [3.63, 3.8) is 0 Å². The Labute approximate surface area is 181 Å². The number of unbranched alkanes of at least 4 members (excludes halogenated alkanes) is 1. The Bertz CT molecular complexity index is 1060. The first-order chi connectivity index (χ1) is 15.1. The van der Waals surface area contributed by atoms with Gasteiger partial charge in [-0.2, -0.15) is 0 Å². The number of methoxy groups -OCH3 is 1. The second kappa shape index (κ2) is 9.45. The number of benzene rings is 1. The number of hydrogen-bond donors (Lipinski definition) is 2. The van der Waals surface area contributed by atoms with E-state index >= 15 is 0 Å². The lowest BCUT2D eigenvalue weighted by Gasteiger charge is -2.34. The molecule has 0 unspecified atom stereocenters. The third kappa shape index (κ3) is 4.26. The molecule has 0 saturated carbocycles. The van der Waals surface area contributed by atoms with E-state index in [1.54, 1.807) is 25.3 Å². The van der Waals surface area contributed by atoms with E-state index in [-0.39, 0.29) is 6.04 Å². The zero-order chi connectivity index (χ0) is 21.8. The highest BCUT2D eigenvalue weighted by Crippen LogP contribution is 2.34. The van der Waals surface area contributed by atoms with Gasteiger partial charge in [-0.25, -0.2) is 14.3 Å². The van der Waals surface area contributed by atoms with Gasteiger partial charge in [0.05, 0.1) is 30.9 Å². The van der Waals surface area contributed by atoms with Gasteiger partial charge in [-0.3, -0.25) is 9.88 Å². The van der Waals surface area contributed by atoms with Gasteiger partial charge in [0.2, 0.25) is 0 Å². The number of rotatable bonds is 8. The first-order valence-electron chi connectivity index (χ1n) is 10.8. The van der Waals surface area contributed by atoms with E-state index in [4.69, 9.17) is 15.5 Å². The van der Waals surface area contributed by atoms with Crippen molar-refractivity contribution in [1.82, 2.24) is 19.4 Å². The minimum absolute atomic E-state index is 0.131. The molecule has 1 aliphatic rings. The third-order valence-corrected chi connectivity index (χ3v) is 5.98. The Morgan fingerprint density at radius 1 is 1.32 bits per heavy atom. The van der Waals surface area contributed by atoms with Crippen LogP contribution in [0.2, 0.25) is 0 Å². The van der Waals surface area contributed by atoms with Crippen LogP contribution in [0.25, 0.3) is 11.0 Å². The molecule has 1 aromatic carbocycles. The van der Waals surface area contributed by atoms with Crippen LogP contribution in [0, 0.1) is 0 Å². The lowest BCUT2D eigenvalue weighted by Crippen LogP contribution is -2.34. The minimum Gasteiger partial charge on any atom is -0.494 e. The van der Waals surface area contributed by atoms with Crippen LogP contribution in [0.4, 0.5) is 4.79 Å². The average Bonchev–Trinajstić information content (AvgIpc) is 3.16. The van der Waals surface area contributed by atoms with E-state index in [9.17, 15) is 9.90 Å². The molecule has 0 saturated heterocycles. The Kier molecular flexibility index (Phi) is 6.48. The van der Waals surface area contributed by atoms with Crippen molar-refractivity contribution in [1.29, 1.82) is 0 Å². The normalized spacial score (nSPS) is 15.9. The number of carboxylic acid groups (broad SMARTS) is 1. The van der Waals surface area contributed by atoms with Gasteiger partial charge in [-0.15, -0.1) is 0 Å². The second-order valence-electron chi connectivity index (χ2n) is 7.90. The number of fused-ring (bicyclic) bond motifs is 2. The Morgan fingerprint density at radius 2 is 2.19 bits per heavy atom. The fraction of sp³-hybridized carbons (Fsp3) is 0.435. The molecule has 8 heteroatoms. The zero-order valence-electron chi connectivity index (χ0n) is 17.8. The summed E-state index contributed by atoms with van der Waals surface area (Å²) in [5.41, 5.74) is 9.19. The van der Waals surface area contributed by atoms with E-state index < -0.39 is 6.09 Å². The van der Waals surface area contributed by atoms with Gasteiger partial charge in [0.25, 0.3) is 0 Å². The highest BCUT2D eigenvalue weighted by atomic mass is 16.5. The zero-order valence-corrected chi connectivity index (χ0v) is 17.8. The molecule has 8 nitrogen and oxygen atoms in total. The van der Waals surface area contributed by atoms with Gasteiger partial charge in [-0.05, 0) is 69.0 Å². The fourth-order valence-electron chi connectivity index (χ4n) is 4.53. The van der Waals surface area contributed by atoms with Gasteiger partial charge in [0.1, 0.15) is 17.1 Å². The number of carbonyl (C=O) groups is 1. The molecule has 0 bridgehead atoms. The SMILES string of the molecule is COc1cccc2c1nc(CN(CCCCN)[C@H]1CCCc3cccnc31)n2C(=O)O. The van der Waals surface area contributed by atoms with E-state index in [0.29, 0.717) is 35.7 Å². The van der Waals surface area contributed by atoms with Crippen molar-refractivity contribution >= 4 is 17.1 Å². The maximum absolute atomic E-state index is 12.1. The number of hydrogen-bond acceptors (Lipinski definition) is 6. The van der Waals surface area contributed by atoms with Crippen LogP contribution in [-0.2, 0) is 13.0 Å². The number of nitrogens with zero attached hydrogens (tertiary/aromatic N) is 4. The summed E-state index contributed by atoms with van der Waals surface area (Å²) < 4.78 is 6.69. The molecule has 2 aromatic heterocycles. The number of pyridine rings is 1. The van der Waals surface area contributed by atoms with Gasteiger partial charge < -0.3 is 15.6 Å². The summed E-state index contributed by atoms with van der Waals surface area (Å²) in [7, 11) is 1.57. The number of aromatic nitrogens is 3. The van der Waals surface area contributed by atoms with Crippen LogP contribution >= 0.6 is 0 Å². The van der Waals surface area contributed by atoms with Gasteiger partial charge in [-0.1, -0.05) is 12.1 Å². The first kappa shape index (κ1) is 21.3. The maximum Gasteiger partial charge on any atom is 0.417 e. The lowest BCUT2D eigenvalue weighted by atomic mass is 9.90. The summed E-state index contributed by atoms with van der Waals surface area (Å²) in [6.45, 7) is 1.85. The largest absolute Gasteiger partial charge is 0.494 e. The molecule has 3 aromatic rings. The molecular formula is C23H29N5O3. The molecule has 31 heavy (non-hydrogen) atoms. The molecule has 1 atom stereocenters. The monoisotopic (exact) mass is 423 g/mol. The Balaban J connectivity index is 1.73. The minimum atomic E-state index is -1.05. The van der Waals surface area contributed by atoms with Crippen LogP contribution in [-0.4, -0.2) is 50.8 Å². The Hall–Kier alpha value is -2.97. The summed E-state index contributed by atoms with van der Waals surface area (Å²) in [5, 5.41) is 9.95. The number of nitrogens with two attached hydrogens (primary N) is 1. The van der Waals surface area contributed by atoms with Crippen LogP contribution in [0.3, 0.4) is 0 Å². The summed E-state index contributed by atoms with van der Waals surface area (Å²) >= 11 is 0. The van der Waals surface area contributed by atoms with Gasteiger partial charge >= 0.3 is 6.09 Å². The molecule has 0 aliphatic heterocycles. The van der Waals surface area contributed by atoms with E-state index in [2.05, 4.69) is 16.0 Å². The van der Waals surface area contributed by atoms with Crippen LogP contribution in [0.5, 0.6) is 5.75 Å². The summed E-state index contributed by atoms with van der Waals surface area (Å²) in [5.74, 6) is 1.06. The first-order valence-corrected chi connectivity index (χ1v) is 10.8. The van der Waals surface area contributed by atoms with Crippen molar-refractivity contribution < 1.29 is 14.6 Å². The van der Waals surface area contributed by atoms with E-state index in [0.717, 1.165) is 44.3 Å². The van der Waals surface area contributed by atoms with Crippen LogP contribution in [0.1, 0.15) is 48.8 Å². The molecule has 4 rings (SSSR count). The molecule has 3 N–H and O–H groups in total. The van der Waals surface area contributed by atoms with Crippen molar-refractivity contribution in [2.75, 3.05) is 20.2 Å². The quantitative estimate of drug-likeness (QED) is 0.533. The predicted octanol–water partition coefficient (Wildman–Crippen LogP) is 3.58. The second-order valence-corrected chi connectivity index (χ2v) is 7.90. The number of ether oxygens (including phenoxy) is 1. The molecular weight excluding hydrogens is 394 g/mol. The van der Waals surface area contributed by atoms with E-state index in [1.807, 2.05) is 12.3 Å². The third-order valence-electron chi connectivity index (χ3n) is 5.98.